The lowest BCUT2D eigenvalue weighted by atomic mass is 9.67. The molecule has 0 bridgehead atoms. The second kappa shape index (κ2) is 11.0. The number of carbonyl (C=O) groups is 2. The fourth-order valence-electron chi connectivity index (χ4n) is 7.11. The van der Waals surface area contributed by atoms with E-state index in [0.717, 1.165) is 22.3 Å². The zero-order valence-corrected chi connectivity index (χ0v) is 26.0. The highest BCUT2D eigenvalue weighted by atomic mass is 35.5. The Kier molecular flexibility index (Phi) is 7.07. The van der Waals surface area contributed by atoms with Gasteiger partial charge in [-0.3, -0.25) is 10.1 Å². The van der Waals surface area contributed by atoms with Crippen molar-refractivity contribution in [1.29, 1.82) is 0 Å². The molecule has 8 nitrogen and oxygen atoms in total. The topological polar surface area (TPSA) is 99.0 Å². The van der Waals surface area contributed by atoms with Crippen LogP contribution in [0.4, 0.5) is 11.4 Å². The molecule has 0 amide bonds. The van der Waals surface area contributed by atoms with Gasteiger partial charge in [0, 0.05) is 27.4 Å². The summed E-state index contributed by atoms with van der Waals surface area (Å²) >= 11 is 13.3. The molecule has 46 heavy (non-hydrogen) atoms. The Bertz CT molecular complexity index is 2050. The van der Waals surface area contributed by atoms with Crippen LogP contribution in [0.1, 0.15) is 22.3 Å². The minimum absolute atomic E-state index is 0.0310. The molecule has 0 fully saturated rings. The van der Waals surface area contributed by atoms with Gasteiger partial charge in [-0.25, -0.2) is 9.59 Å². The monoisotopic (exact) mass is 650 g/mol. The number of allylic oxidation sites excluding steroid dienone is 2. The molecule has 0 saturated carbocycles. The highest BCUT2D eigenvalue weighted by Gasteiger charge is 2.63. The number of halogens is 2. The number of benzene rings is 4. The van der Waals surface area contributed by atoms with Crippen molar-refractivity contribution in [1.82, 2.24) is 0 Å². The zero-order valence-electron chi connectivity index (χ0n) is 24.5. The normalized spacial score (nSPS) is 16.9. The van der Waals surface area contributed by atoms with Crippen LogP contribution in [-0.4, -0.2) is 37.1 Å². The van der Waals surface area contributed by atoms with E-state index >= 15 is 0 Å². The summed E-state index contributed by atoms with van der Waals surface area (Å²) in [7, 11) is 2.54. The number of hydrogen-bond donors (Lipinski definition) is 0. The molecule has 1 atom stereocenters. The van der Waals surface area contributed by atoms with Crippen molar-refractivity contribution in [2.75, 3.05) is 19.1 Å². The van der Waals surface area contributed by atoms with Crippen LogP contribution in [-0.2, 0) is 24.5 Å². The Morgan fingerprint density at radius 1 is 0.826 bits per heavy atom. The first kappa shape index (κ1) is 29.5. The quantitative estimate of drug-likeness (QED) is 0.124. The summed E-state index contributed by atoms with van der Waals surface area (Å²) in [6, 6.07) is 24.2. The standard InChI is InChI=1S/C36H24Cl2N2O6/c1-45-34(41)32-33(35(42)46-2)39-30-10-6-4-8-24(30)21(12-11-20-7-3-5-9-29(20)40(43)44)17-31(39)36(32)27-18-22(37)13-15-25(27)26-16-14-23(38)19-28(26)36/h3-19,31H,1-2H3/b12-11+. The zero-order chi connectivity index (χ0) is 32.3. The van der Waals surface area contributed by atoms with E-state index in [0.29, 0.717) is 32.4 Å². The Labute approximate surface area is 273 Å². The van der Waals surface area contributed by atoms with Crippen LogP contribution < -0.4 is 4.90 Å². The Balaban J connectivity index is 1.59. The molecule has 2 aliphatic heterocycles. The molecule has 228 valence electrons. The molecule has 1 spiro atoms. The van der Waals surface area contributed by atoms with Crippen molar-refractivity contribution < 1.29 is 24.0 Å². The molecule has 3 aliphatic rings. The lowest BCUT2D eigenvalue weighted by molar-refractivity contribution is -0.385. The molecule has 4 aromatic carbocycles. The molecule has 1 aliphatic carbocycles. The number of para-hydroxylation sites is 2. The van der Waals surface area contributed by atoms with E-state index in [1.54, 1.807) is 36.4 Å². The Morgan fingerprint density at radius 3 is 2.07 bits per heavy atom. The van der Waals surface area contributed by atoms with Crippen molar-refractivity contribution in [2.24, 2.45) is 0 Å². The molecule has 0 saturated heterocycles. The van der Waals surface area contributed by atoms with Gasteiger partial charge in [-0.2, -0.15) is 0 Å². The molecular weight excluding hydrogens is 627 g/mol. The van der Waals surface area contributed by atoms with Crippen LogP contribution in [0.3, 0.4) is 0 Å². The van der Waals surface area contributed by atoms with Crippen molar-refractivity contribution in [3.8, 4) is 11.1 Å². The van der Waals surface area contributed by atoms with Gasteiger partial charge in [0.15, 0.2) is 0 Å². The number of rotatable bonds is 5. The van der Waals surface area contributed by atoms with E-state index in [1.807, 2.05) is 65.6 Å². The van der Waals surface area contributed by atoms with E-state index in [1.165, 1.54) is 20.3 Å². The van der Waals surface area contributed by atoms with E-state index < -0.39 is 28.3 Å². The molecule has 1 unspecified atom stereocenters. The molecule has 10 heteroatoms. The van der Waals surface area contributed by atoms with Crippen LogP contribution in [0, 0.1) is 10.1 Å². The number of anilines is 1. The number of nitrogens with zero attached hydrogens (tertiary/aromatic N) is 2. The summed E-state index contributed by atoms with van der Waals surface area (Å²) in [5.41, 5.74) is 4.35. The molecule has 2 heterocycles. The third-order valence-electron chi connectivity index (χ3n) is 8.85. The highest BCUT2D eigenvalue weighted by molar-refractivity contribution is 6.31. The summed E-state index contributed by atoms with van der Waals surface area (Å²) < 4.78 is 10.7. The molecule has 0 N–H and O–H groups in total. The van der Waals surface area contributed by atoms with Gasteiger partial charge in [0.25, 0.3) is 5.69 Å². The van der Waals surface area contributed by atoms with Crippen LogP contribution >= 0.6 is 23.2 Å². The number of carbonyl (C=O) groups excluding carboxylic acids is 2. The number of hydrogen-bond acceptors (Lipinski definition) is 7. The summed E-state index contributed by atoms with van der Waals surface area (Å²) in [5, 5.41) is 12.7. The van der Waals surface area contributed by atoms with Gasteiger partial charge >= 0.3 is 11.9 Å². The van der Waals surface area contributed by atoms with Crippen LogP contribution in [0.5, 0.6) is 0 Å². The van der Waals surface area contributed by atoms with Crippen molar-refractivity contribution in [2.45, 2.75) is 11.5 Å². The summed E-state index contributed by atoms with van der Waals surface area (Å²) in [6.07, 6.45) is 5.47. The van der Waals surface area contributed by atoms with E-state index in [-0.39, 0.29) is 17.0 Å². The maximum atomic E-state index is 14.1. The number of esters is 2. The van der Waals surface area contributed by atoms with Crippen molar-refractivity contribution in [3.05, 3.63) is 151 Å². The van der Waals surface area contributed by atoms with Crippen LogP contribution in [0.25, 0.3) is 22.8 Å². The second-order valence-corrected chi connectivity index (χ2v) is 11.9. The van der Waals surface area contributed by atoms with Crippen LogP contribution in [0.15, 0.2) is 108 Å². The number of methoxy groups -OCH3 is 2. The smallest absolute Gasteiger partial charge is 0.355 e. The maximum absolute atomic E-state index is 14.1. The lowest BCUT2D eigenvalue weighted by Crippen LogP contribution is -2.46. The average molecular weight is 652 g/mol. The van der Waals surface area contributed by atoms with Gasteiger partial charge in [0.05, 0.1) is 41.7 Å². The first-order valence-electron chi connectivity index (χ1n) is 14.3. The summed E-state index contributed by atoms with van der Waals surface area (Å²) in [4.78, 5) is 41.0. The lowest BCUT2D eigenvalue weighted by Gasteiger charge is -2.41. The van der Waals surface area contributed by atoms with E-state index in [2.05, 4.69) is 0 Å². The molecule has 4 aromatic rings. The fourth-order valence-corrected chi connectivity index (χ4v) is 7.45. The fraction of sp³-hybridized carbons (Fsp3) is 0.111. The van der Waals surface area contributed by atoms with E-state index in [9.17, 15) is 19.7 Å². The van der Waals surface area contributed by atoms with Crippen molar-refractivity contribution in [3.63, 3.8) is 0 Å². The number of fused-ring (bicyclic) bond motifs is 9. The summed E-state index contributed by atoms with van der Waals surface area (Å²) in [5.74, 6) is -1.43. The SMILES string of the molecule is COC(=O)C1=C(C(=O)OC)C2(c3cc(Cl)ccc3-c3ccc(Cl)cc32)C2C=C(/C=C/c3ccccc3[N+](=O)[O-])c3ccccc3N12. The predicted molar refractivity (Wildman–Crippen MR) is 177 cm³/mol. The van der Waals surface area contributed by atoms with E-state index in [4.69, 9.17) is 32.7 Å². The van der Waals surface area contributed by atoms with Gasteiger partial charge in [-0.1, -0.05) is 77.8 Å². The van der Waals surface area contributed by atoms with Crippen molar-refractivity contribution >= 4 is 58.2 Å². The molecule has 0 aromatic heterocycles. The number of nitro groups is 1. The third-order valence-corrected chi connectivity index (χ3v) is 9.32. The first-order valence-corrected chi connectivity index (χ1v) is 15.0. The van der Waals surface area contributed by atoms with Gasteiger partial charge in [0.1, 0.15) is 5.70 Å². The maximum Gasteiger partial charge on any atom is 0.355 e. The first-order chi connectivity index (χ1) is 22.2. The minimum atomic E-state index is -1.32. The van der Waals surface area contributed by atoms with Crippen LogP contribution in [0.2, 0.25) is 10.0 Å². The highest BCUT2D eigenvalue weighted by Crippen LogP contribution is 2.63. The van der Waals surface area contributed by atoms with Gasteiger partial charge in [-0.05, 0) is 70.3 Å². The largest absolute Gasteiger partial charge is 0.466 e. The predicted octanol–water partition coefficient (Wildman–Crippen LogP) is 7.77. The number of nitro benzene ring substituents is 1. The number of ether oxygens (including phenoxy) is 2. The third kappa shape index (κ3) is 4.14. The molecule has 0 radical (unpaired) electrons. The minimum Gasteiger partial charge on any atom is -0.466 e. The average Bonchev–Trinajstić information content (AvgIpc) is 3.52. The molecular formula is C36H24Cl2N2O6. The van der Waals surface area contributed by atoms with Gasteiger partial charge in [-0.15, -0.1) is 0 Å². The Hall–Kier alpha value is -5.18. The molecule has 7 rings (SSSR count). The summed E-state index contributed by atoms with van der Waals surface area (Å²) in [6.45, 7) is 0. The van der Waals surface area contributed by atoms with Gasteiger partial charge in [0.2, 0.25) is 0 Å². The Morgan fingerprint density at radius 2 is 1.43 bits per heavy atom. The van der Waals surface area contributed by atoms with Gasteiger partial charge < -0.3 is 14.4 Å². The second-order valence-electron chi connectivity index (χ2n) is 11.0.